The highest BCUT2D eigenvalue weighted by Crippen LogP contribution is 2.35. The third-order valence-corrected chi connectivity index (χ3v) is 8.40. The molecule has 0 saturated heterocycles. The van der Waals surface area contributed by atoms with Crippen LogP contribution in [0.4, 0.5) is 0 Å². The lowest BCUT2D eigenvalue weighted by Crippen LogP contribution is -2.26. The van der Waals surface area contributed by atoms with Crippen molar-refractivity contribution in [2.75, 3.05) is 0 Å². The second-order valence-electron chi connectivity index (χ2n) is 11.2. The molecule has 1 aromatic rings. The molecule has 0 aromatic heterocycles. The van der Waals surface area contributed by atoms with Crippen LogP contribution in [-0.2, 0) is 9.59 Å². The summed E-state index contributed by atoms with van der Waals surface area (Å²) in [5.74, 6) is -0.667. The molecule has 6 heteroatoms. The molecular formula is C31H46O6. The first-order chi connectivity index (χ1) is 17.9. The molecule has 6 nitrogen and oxygen atoms in total. The van der Waals surface area contributed by atoms with Crippen molar-refractivity contribution in [2.45, 2.75) is 117 Å². The lowest BCUT2D eigenvalue weighted by Gasteiger charge is -2.27. The zero-order valence-corrected chi connectivity index (χ0v) is 22.8. The minimum atomic E-state index is -1.21. The fraction of sp³-hybridized carbons (Fsp3) is 0.710. The molecule has 1 N–H and O–H groups in total. The van der Waals surface area contributed by atoms with Crippen molar-refractivity contribution in [2.24, 2.45) is 23.7 Å². The molecule has 206 valence electrons. The summed E-state index contributed by atoms with van der Waals surface area (Å²) in [5, 5.41) is 9.72. The van der Waals surface area contributed by atoms with E-state index < -0.39 is 5.97 Å². The Morgan fingerprint density at radius 3 is 1.68 bits per heavy atom. The monoisotopic (exact) mass is 514 g/mol. The number of rotatable bonds is 13. The summed E-state index contributed by atoms with van der Waals surface area (Å²) in [6.07, 6.45) is 17.2. The molecular weight excluding hydrogens is 468 g/mol. The van der Waals surface area contributed by atoms with E-state index in [1.165, 1.54) is 69.6 Å². The highest BCUT2D eigenvalue weighted by molar-refractivity contribution is 5.93. The Hall–Kier alpha value is -2.37. The first kappa shape index (κ1) is 29.2. The van der Waals surface area contributed by atoms with Gasteiger partial charge in [0.25, 0.3) is 0 Å². The molecule has 0 atom stereocenters. The van der Waals surface area contributed by atoms with Crippen LogP contribution in [0.25, 0.3) is 0 Å². The summed E-state index contributed by atoms with van der Waals surface area (Å²) in [6, 6.07) is 4.25. The minimum Gasteiger partial charge on any atom is -0.478 e. The highest BCUT2D eigenvalue weighted by Gasteiger charge is 2.30. The number of ether oxygens (including phenoxy) is 2. The van der Waals surface area contributed by atoms with Crippen molar-refractivity contribution in [3.05, 3.63) is 23.8 Å². The predicted molar refractivity (Wildman–Crippen MR) is 144 cm³/mol. The van der Waals surface area contributed by atoms with Gasteiger partial charge in [-0.1, -0.05) is 65.2 Å². The van der Waals surface area contributed by atoms with Gasteiger partial charge in [0.1, 0.15) is 17.1 Å². The van der Waals surface area contributed by atoms with E-state index in [0.29, 0.717) is 11.8 Å². The van der Waals surface area contributed by atoms with Gasteiger partial charge in [-0.25, -0.2) is 4.79 Å². The summed E-state index contributed by atoms with van der Waals surface area (Å²) in [6.45, 7) is 4.41. The first-order valence-corrected chi connectivity index (χ1v) is 14.7. The smallest absolute Gasteiger partial charge is 0.339 e. The summed E-state index contributed by atoms with van der Waals surface area (Å²) in [7, 11) is 0. The topological polar surface area (TPSA) is 89.9 Å². The maximum Gasteiger partial charge on any atom is 0.339 e. The van der Waals surface area contributed by atoms with Crippen molar-refractivity contribution in [1.29, 1.82) is 0 Å². The lowest BCUT2D eigenvalue weighted by atomic mass is 9.80. The lowest BCUT2D eigenvalue weighted by molar-refractivity contribution is -0.141. The Morgan fingerprint density at radius 2 is 1.22 bits per heavy atom. The van der Waals surface area contributed by atoms with Gasteiger partial charge < -0.3 is 14.6 Å². The first-order valence-electron chi connectivity index (χ1n) is 14.7. The van der Waals surface area contributed by atoms with E-state index in [0.717, 1.165) is 51.4 Å². The summed E-state index contributed by atoms with van der Waals surface area (Å²) < 4.78 is 11.1. The second kappa shape index (κ2) is 15.1. The summed E-state index contributed by atoms with van der Waals surface area (Å²) >= 11 is 0. The van der Waals surface area contributed by atoms with Crippen LogP contribution in [0.5, 0.6) is 11.5 Å². The molecule has 0 amide bonds. The van der Waals surface area contributed by atoms with Crippen molar-refractivity contribution in [1.82, 2.24) is 0 Å². The molecule has 3 rings (SSSR count). The van der Waals surface area contributed by atoms with Gasteiger partial charge in [-0.3, -0.25) is 9.59 Å². The van der Waals surface area contributed by atoms with Crippen LogP contribution in [0.2, 0.25) is 0 Å². The van der Waals surface area contributed by atoms with Gasteiger partial charge >= 0.3 is 17.9 Å². The van der Waals surface area contributed by atoms with E-state index in [9.17, 15) is 19.5 Å². The average molecular weight is 515 g/mol. The molecule has 0 radical (unpaired) electrons. The molecule has 2 aliphatic carbocycles. The fourth-order valence-corrected chi connectivity index (χ4v) is 5.96. The van der Waals surface area contributed by atoms with Crippen LogP contribution in [0.1, 0.15) is 127 Å². The van der Waals surface area contributed by atoms with E-state index in [4.69, 9.17) is 9.47 Å². The quantitative estimate of drug-likeness (QED) is 0.163. The molecule has 0 bridgehead atoms. The molecule has 2 aliphatic rings. The van der Waals surface area contributed by atoms with E-state index in [1.807, 2.05) is 0 Å². The highest BCUT2D eigenvalue weighted by atomic mass is 16.5. The molecule has 0 unspecified atom stereocenters. The SMILES string of the molecule is CCCCCC1CCC(C(=O)Oc2ccc(OC(=O)C3CCC(CCCCC)CC3)c(C(=O)O)c2)CC1. The maximum absolute atomic E-state index is 12.8. The molecule has 0 aliphatic heterocycles. The Morgan fingerprint density at radius 1 is 0.730 bits per heavy atom. The number of benzene rings is 1. The van der Waals surface area contributed by atoms with Crippen LogP contribution >= 0.6 is 0 Å². The number of esters is 2. The second-order valence-corrected chi connectivity index (χ2v) is 11.2. The normalized spacial score (nSPS) is 23.8. The van der Waals surface area contributed by atoms with Crippen LogP contribution in [-0.4, -0.2) is 23.0 Å². The third-order valence-electron chi connectivity index (χ3n) is 8.40. The zero-order chi connectivity index (χ0) is 26.6. The Bertz CT molecular complexity index is 878. The molecule has 2 saturated carbocycles. The average Bonchev–Trinajstić information content (AvgIpc) is 2.90. The van der Waals surface area contributed by atoms with Gasteiger partial charge in [0.15, 0.2) is 0 Å². The van der Waals surface area contributed by atoms with Crippen LogP contribution in [0.15, 0.2) is 18.2 Å². The van der Waals surface area contributed by atoms with E-state index in [2.05, 4.69) is 13.8 Å². The number of hydrogen-bond donors (Lipinski definition) is 1. The summed E-state index contributed by atoms with van der Waals surface area (Å²) in [4.78, 5) is 37.4. The molecule has 37 heavy (non-hydrogen) atoms. The number of unbranched alkanes of at least 4 members (excludes halogenated alkanes) is 4. The number of aromatic carboxylic acids is 1. The van der Waals surface area contributed by atoms with Crippen LogP contribution in [0, 0.1) is 23.7 Å². The van der Waals surface area contributed by atoms with E-state index >= 15 is 0 Å². The largest absolute Gasteiger partial charge is 0.478 e. The van der Waals surface area contributed by atoms with Gasteiger partial charge in [-0.05, 0) is 81.4 Å². The van der Waals surface area contributed by atoms with Gasteiger partial charge in [0, 0.05) is 0 Å². The Kier molecular flexibility index (Phi) is 11.9. The van der Waals surface area contributed by atoms with Crippen molar-refractivity contribution in [3.63, 3.8) is 0 Å². The van der Waals surface area contributed by atoms with Gasteiger partial charge in [0.2, 0.25) is 0 Å². The van der Waals surface area contributed by atoms with Crippen LogP contribution in [0.3, 0.4) is 0 Å². The van der Waals surface area contributed by atoms with Crippen molar-refractivity contribution in [3.8, 4) is 11.5 Å². The fourth-order valence-electron chi connectivity index (χ4n) is 5.96. The predicted octanol–water partition coefficient (Wildman–Crippen LogP) is 7.97. The van der Waals surface area contributed by atoms with Crippen LogP contribution < -0.4 is 9.47 Å². The number of carbonyl (C=O) groups is 3. The standard InChI is InChI=1S/C31H46O6/c1-3-5-7-9-22-11-15-24(16-12-22)30(34)36-26-19-20-28(27(21-26)29(32)33)37-31(35)25-17-13-23(14-18-25)10-8-6-4-2/h19-25H,3-18H2,1-2H3,(H,32,33). The molecule has 2 fully saturated rings. The van der Waals surface area contributed by atoms with E-state index in [1.54, 1.807) is 0 Å². The van der Waals surface area contributed by atoms with Gasteiger partial charge in [0.05, 0.1) is 11.8 Å². The van der Waals surface area contributed by atoms with Crippen molar-refractivity contribution >= 4 is 17.9 Å². The van der Waals surface area contributed by atoms with Crippen molar-refractivity contribution < 1.29 is 29.0 Å². The number of hydrogen-bond acceptors (Lipinski definition) is 5. The minimum absolute atomic E-state index is 0.00922. The number of carboxylic acids is 1. The molecule has 1 aromatic carbocycles. The number of carboxylic acid groups (broad SMARTS) is 1. The summed E-state index contributed by atoms with van der Waals surface area (Å²) in [5.41, 5.74) is -0.161. The van der Waals surface area contributed by atoms with E-state index in [-0.39, 0.29) is 40.8 Å². The molecule has 0 spiro atoms. The Balaban J connectivity index is 1.51. The zero-order valence-electron chi connectivity index (χ0n) is 22.8. The maximum atomic E-state index is 12.8. The van der Waals surface area contributed by atoms with Gasteiger partial charge in [-0.15, -0.1) is 0 Å². The Labute approximate surface area is 222 Å². The number of carbonyl (C=O) groups excluding carboxylic acids is 2. The van der Waals surface area contributed by atoms with Gasteiger partial charge in [-0.2, -0.15) is 0 Å². The third kappa shape index (κ3) is 9.15. The molecule has 0 heterocycles.